The second-order valence-corrected chi connectivity index (χ2v) is 14.3. The van der Waals surface area contributed by atoms with Crippen LogP contribution >= 0.6 is 15.8 Å². The predicted molar refractivity (Wildman–Crippen MR) is 183 cm³/mol. The largest absolute Gasteiger partial charge is 0.286 e. The lowest BCUT2D eigenvalue weighted by Gasteiger charge is -2.21. The highest BCUT2D eigenvalue weighted by molar-refractivity contribution is 7.79. The Hall–Kier alpha value is -4.22. The van der Waals surface area contributed by atoms with Crippen LogP contribution in [0.3, 0.4) is 0 Å². The highest BCUT2D eigenvalue weighted by atomic mass is 31.1. The Morgan fingerprint density at radius 1 is 0.500 bits per heavy atom. The van der Waals surface area contributed by atoms with E-state index in [0.717, 1.165) is 17.5 Å². The first-order valence-corrected chi connectivity index (χ1v) is 17.0. The van der Waals surface area contributed by atoms with Crippen molar-refractivity contribution < 1.29 is 0 Å². The molecule has 0 saturated heterocycles. The van der Waals surface area contributed by atoms with Crippen LogP contribution in [0.25, 0.3) is 0 Å². The van der Waals surface area contributed by atoms with Crippen molar-refractivity contribution in [1.82, 2.24) is 4.98 Å². The second kappa shape index (κ2) is 14.1. The van der Waals surface area contributed by atoms with Crippen LogP contribution in [0.15, 0.2) is 169 Å². The molecule has 0 aliphatic carbocycles. The molecule has 0 bridgehead atoms. The maximum atomic E-state index is 5.02. The van der Waals surface area contributed by atoms with Gasteiger partial charge in [-0.25, -0.2) is 0 Å². The van der Waals surface area contributed by atoms with Crippen molar-refractivity contribution in [1.29, 1.82) is 0 Å². The van der Waals surface area contributed by atoms with Crippen LogP contribution in [-0.2, 0) is 12.7 Å². The number of hydrogen-bond acceptors (Lipinski definition) is 2. The Balaban J connectivity index is 1.24. The zero-order valence-corrected chi connectivity index (χ0v) is 25.2. The van der Waals surface area contributed by atoms with E-state index in [2.05, 4.69) is 158 Å². The Morgan fingerprint density at radius 2 is 1.00 bits per heavy atom. The highest BCUT2D eigenvalue weighted by Crippen LogP contribution is 2.37. The summed E-state index contributed by atoms with van der Waals surface area (Å²) in [6, 6.07) is 58.3. The van der Waals surface area contributed by atoms with E-state index in [0.29, 0.717) is 6.54 Å². The van der Waals surface area contributed by atoms with Crippen molar-refractivity contribution in [2.24, 2.45) is 4.99 Å². The topological polar surface area (TPSA) is 25.2 Å². The number of pyridine rings is 1. The van der Waals surface area contributed by atoms with Gasteiger partial charge in [-0.1, -0.05) is 152 Å². The lowest BCUT2D eigenvalue weighted by molar-refractivity contribution is 1.08. The Kier molecular flexibility index (Phi) is 9.38. The molecule has 0 unspecified atom stereocenters. The molecule has 1 aromatic heterocycles. The molecule has 0 amide bonds. The van der Waals surface area contributed by atoms with E-state index in [1.165, 1.54) is 32.1 Å². The lowest BCUT2D eigenvalue weighted by Crippen LogP contribution is -2.23. The van der Waals surface area contributed by atoms with Gasteiger partial charge in [-0.05, 0) is 60.1 Å². The van der Waals surface area contributed by atoms with E-state index in [1.807, 2.05) is 12.3 Å². The molecule has 4 heteroatoms. The van der Waals surface area contributed by atoms with E-state index in [4.69, 9.17) is 9.98 Å². The maximum absolute atomic E-state index is 5.02. The van der Waals surface area contributed by atoms with E-state index < -0.39 is 15.8 Å². The molecule has 42 heavy (non-hydrogen) atoms. The smallest absolute Gasteiger partial charge is 0.0811 e. The monoisotopic (exact) mass is 578 g/mol. The average molecular weight is 579 g/mol. The molecule has 0 saturated carbocycles. The number of rotatable bonds is 10. The standard InChI is InChI=1S/C38H32N2P2/c1-5-19-34(20-6-1)41(35-21-7-2-8-22-35)30-33-18-15-17-32(40-33)29-39-28-31-16-13-14-27-38(31)42(36-23-9-3-10-24-36)37-25-11-4-12-26-37/h1-27,29H,28,30H2/b39-29+. The normalized spacial score (nSPS) is 11.4. The van der Waals surface area contributed by atoms with Gasteiger partial charge in [-0.15, -0.1) is 0 Å². The minimum atomic E-state index is -0.685. The summed E-state index contributed by atoms with van der Waals surface area (Å²) in [5.74, 6) is 0. The molecule has 0 aliphatic heterocycles. The summed E-state index contributed by atoms with van der Waals surface area (Å²) < 4.78 is 0. The Morgan fingerprint density at radius 3 is 1.57 bits per heavy atom. The molecule has 2 nitrogen and oxygen atoms in total. The molecular weight excluding hydrogens is 546 g/mol. The molecule has 0 N–H and O–H groups in total. The van der Waals surface area contributed by atoms with Crippen LogP contribution in [0.2, 0.25) is 0 Å². The molecule has 5 aromatic carbocycles. The van der Waals surface area contributed by atoms with Crippen molar-refractivity contribution in [2.45, 2.75) is 12.7 Å². The molecule has 0 aliphatic rings. The average Bonchev–Trinajstić information content (AvgIpc) is 3.06. The molecule has 0 spiro atoms. The van der Waals surface area contributed by atoms with Gasteiger partial charge in [-0.2, -0.15) is 0 Å². The molecule has 0 radical (unpaired) electrons. The molecule has 0 atom stereocenters. The van der Waals surface area contributed by atoms with Crippen LogP contribution < -0.4 is 26.5 Å². The van der Waals surface area contributed by atoms with Gasteiger partial charge in [0.1, 0.15) is 0 Å². The SMILES string of the molecule is C(=N\Cc1ccccc1P(c1ccccc1)c1ccccc1)/c1cccc(CP(c2ccccc2)c2ccccc2)n1. The first-order valence-electron chi connectivity index (χ1n) is 14.2. The minimum Gasteiger partial charge on any atom is -0.286 e. The van der Waals surface area contributed by atoms with Crippen molar-refractivity contribution in [3.05, 3.63) is 181 Å². The number of aromatic nitrogens is 1. The third-order valence-electron chi connectivity index (χ3n) is 7.03. The summed E-state index contributed by atoms with van der Waals surface area (Å²) in [4.78, 5) is 9.93. The third-order valence-corrected chi connectivity index (χ3v) is 12.1. The Labute approximate surface area is 251 Å². The van der Waals surface area contributed by atoms with Crippen molar-refractivity contribution in [2.75, 3.05) is 0 Å². The maximum Gasteiger partial charge on any atom is 0.0811 e. The number of benzene rings is 5. The van der Waals surface area contributed by atoms with Gasteiger partial charge in [0.25, 0.3) is 0 Å². The molecule has 6 aromatic rings. The van der Waals surface area contributed by atoms with Crippen LogP contribution in [0.4, 0.5) is 0 Å². The van der Waals surface area contributed by atoms with Gasteiger partial charge >= 0.3 is 0 Å². The minimum absolute atomic E-state index is 0.550. The zero-order valence-electron chi connectivity index (χ0n) is 23.4. The fourth-order valence-electron chi connectivity index (χ4n) is 5.05. The van der Waals surface area contributed by atoms with Crippen molar-refractivity contribution >= 4 is 48.6 Å². The molecule has 0 fully saturated rings. The van der Waals surface area contributed by atoms with Crippen LogP contribution in [0.5, 0.6) is 0 Å². The first-order chi connectivity index (χ1) is 20.8. The van der Waals surface area contributed by atoms with Crippen LogP contribution in [0, 0.1) is 0 Å². The van der Waals surface area contributed by atoms with Crippen molar-refractivity contribution in [3.8, 4) is 0 Å². The fraction of sp³-hybridized carbons (Fsp3) is 0.0526. The fourth-order valence-corrected chi connectivity index (χ4v) is 9.74. The van der Waals surface area contributed by atoms with Crippen LogP contribution in [0.1, 0.15) is 17.0 Å². The third kappa shape index (κ3) is 6.97. The van der Waals surface area contributed by atoms with Gasteiger partial charge in [-0.3, -0.25) is 9.98 Å². The first kappa shape index (κ1) is 27.9. The van der Waals surface area contributed by atoms with Gasteiger partial charge < -0.3 is 0 Å². The van der Waals surface area contributed by atoms with Crippen molar-refractivity contribution in [3.63, 3.8) is 0 Å². The predicted octanol–water partition coefficient (Wildman–Crippen LogP) is 7.09. The summed E-state index contributed by atoms with van der Waals surface area (Å²) in [5, 5.41) is 6.77. The number of nitrogens with zero attached hydrogens (tertiary/aromatic N) is 2. The molecule has 204 valence electrons. The van der Waals surface area contributed by atoms with Gasteiger partial charge in [0, 0.05) is 18.1 Å². The van der Waals surface area contributed by atoms with E-state index in [9.17, 15) is 0 Å². The summed E-state index contributed by atoms with van der Waals surface area (Å²) in [6.07, 6.45) is 2.83. The summed E-state index contributed by atoms with van der Waals surface area (Å²) in [5.41, 5.74) is 3.24. The van der Waals surface area contributed by atoms with Gasteiger partial charge in [0.05, 0.1) is 12.2 Å². The van der Waals surface area contributed by atoms with Gasteiger partial charge in [0.15, 0.2) is 0 Å². The van der Waals surface area contributed by atoms with E-state index in [1.54, 1.807) is 0 Å². The number of hydrogen-bond donors (Lipinski definition) is 0. The molecular formula is C38H32N2P2. The second-order valence-electron chi connectivity index (χ2n) is 9.92. The Bertz CT molecular complexity index is 1640. The lowest BCUT2D eigenvalue weighted by atomic mass is 10.2. The molecule has 6 rings (SSSR count). The highest BCUT2D eigenvalue weighted by Gasteiger charge is 2.19. The van der Waals surface area contributed by atoms with E-state index in [-0.39, 0.29) is 0 Å². The van der Waals surface area contributed by atoms with Gasteiger partial charge in [0.2, 0.25) is 0 Å². The summed E-state index contributed by atoms with van der Waals surface area (Å²) >= 11 is 0. The zero-order chi connectivity index (χ0) is 28.4. The summed E-state index contributed by atoms with van der Waals surface area (Å²) in [6.45, 7) is 0.612. The number of aliphatic imine (C=N–C) groups is 1. The summed E-state index contributed by atoms with van der Waals surface area (Å²) in [7, 11) is -1.23. The quantitative estimate of drug-likeness (QED) is 0.126. The van der Waals surface area contributed by atoms with E-state index >= 15 is 0 Å². The van der Waals surface area contributed by atoms with Crippen LogP contribution in [-0.4, -0.2) is 11.2 Å². The molecule has 1 heterocycles.